The Kier molecular flexibility index (Phi) is 8.03. The Morgan fingerprint density at radius 1 is 1.03 bits per heavy atom. The van der Waals surface area contributed by atoms with Crippen LogP contribution >= 0.6 is 0 Å². The molecule has 2 aromatic rings. The van der Waals surface area contributed by atoms with Crippen molar-refractivity contribution >= 4 is 15.9 Å². The number of benzene rings is 2. The molecule has 0 unspecified atom stereocenters. The molecule has 1 saturated heterocycles. The summed E-state index contributed by atoms with van der Waals surface area (Å²) in [5.74, 6) is -0.592. The topological polar surface area (TPSA) is 93.2 Å². The molecule has 1 fully saturated rings. The fourth-order valence-electron chi connectivity index (χ4n) is 4.77. The van der Waals surface area contributed by atoms with Crippen LogP contribution in [0.3, 0.4) is 0 Å². The van der Waals surface area contributed by atoms with Gasteiger partial charge in [0, 0.05) is 31.2 Å². The molecule has 0 spiro atoms. The van der Waals surface area contributed by atoms with Crippen molar-refractivity contribution in [1.29, 1.82) is 0 Å². The SMILES string of the molecule is CN1CCC(N(C)Cc2ccc(-c3ccc(S(=O)(=O)N4CC=C(C(=O)NO)CC4)cc3)cc2)CC1. The van der Waals surface area contributed by atoms with Gasteiger partial charge in [-0.3, -0.25) is 14.9 Å². The van der Waals surface area contributed by atoms with Crippen LogP contribution in [0.15, 0.2) is 65.1 Å². The largest absolute Gasteiger partial charge is 0.306 e. The summed E-state index contributed by atoms with van der Waals surface area (Å²) in [6.07, 6.45) is 4.19. The lowest BCUT2D eigenvalue weighted by Crippen LogP contribution is -2.41. The highest BCUT2D eigenvalue weighted by molar-refractivity contribution is 7.89. The van der Waals surface area contributed by atoms with Gasteiger partial charge in [0.05, 0.1) is 4.90 Å². The van der Waals surface area contributed by atoms with Crippen molar-refractivity contribution in [2.45, 2.75) is 36.7 Å². The van der Waals surface area contributed by atoms with Crippen molar-refractivity contribution in [2.24, 2.45) is 0 Å². The summed E-state index contributed by atoms with van der Waals surface area (Å²) >= 11 is 0. The number of nitrogens with one attached hydrogen (secondary N) is 1. The molecule has 0 radical (unpaired) electrons. The third kappa shape index (κ3) is 5.99. The van der Waals surface area contributed by atoms with Gasteiger partial charge in [0.1, 0.15) is 0 Å². The second-order valence-corrected chi connectivity index (χ2v) is 11.4. The highest BCUT2D eigenvalue weighted by atomic mass is 32.2. The number of hydrogen-bond acceptors (Lipinski definition) is 6. The quantitative estimate of drug-likeness (QED) is 0.451. The molecule has 2 aliphatic rings. The molecule has 0 aromatic heterocycles. The van der Waals surface area contributed by atoms with Gasteiger partial charge < -0.3 is 4.90 Å². The molecule has 2 heterocycles. The highest BCUT2D eigenvalue weighted by Gasteiger charge is 2.27. The zero-order valence-electron chi connectivity index (χ0n) is 20.4. The molecule has 4 rings (SSSR count). The maximum Gasteiger partial charge on any atom is 0.270 e. The average molecular weight is 499 g/mol. The number of amides is 1. The molecule has 9 heteroatoms. The monoisotopic (exact) mass is 498 g/mol. The molecule has 0 saturated carbocycles. The van der Waals surface area contributed by atoms with Crippen molar-refractivity contribution in [3.05, 3.63) is 65.7 Å². The zero-order chi connectivity index (χ0) is 25.0. The lowest BCUT2D eigenvalue weighted by molar-refractivity contribution is -0.125. The van der Waals surface area contributed by atoms with Crippen LogP contribution < -0.4 is 5.48 Å². The summed E-state index contributed by atoms with van der Waals surface area (Å²) in [5, 5.41) is 8.75. The van der Waals surface area contributed by atoms with E-state index in [9.17, 15) is 13.2 Å². The number of rotatable bonds is 7. The Morgan fingerprint density at radius 2 is 1.63 bits per heavy atom. The molecular weight excluding hydrogens is 464 g/mol. The van der Waals surface area contributed by atoms with Crippen LogP contribution in [0.4, 0.5) is 0 Å². The minimum atomic E-state index is -3.67. The first-order valence-electron chi connectivity index (χ1n) is 12.0. The number of hydroxylamine groups is 1. The van der Waals surface area contributed by atoms with Gasteiger partial charge in [0.2, 0.25) is 10.0 Å². The molecule has 0 atom stereocenters. The Bertz CT molecular complexity index is 1150. The van der Waals surface area contributed by atoms with Gasteiger partial charge >= 0.3 is 0 Å². The molecule has 2 N–H and O–H groups in total. The van der Waals surface area contributed by atoms with Crippen molar-refractivity contribution in [1.82, 2.24) is 19.6 Å². The van der Waals surface area contributed by atoms with Crippen molar-refractivity contribution < 1.29 is 18.4 Å². The summed E-state index contributed by atoms with van der Waals surface area (Å²) in [7, 11) is 0.712. The third-order valence-corrected chi connectivity index (χ3v) is 8.97. The predicted molar refractivity (Wildman–Crippen MR) is 135 cm³/mol. The summed E-state index contributed by atoms with van der Waals surface area (Å²) in [4.78, 5) is 16.6. The molecule has 0 aliphatic carbocycles. The van der Waals surface area contributed by atoms with Crippen LogP contribution in [0.5, 0.6) is 0 Å². The van der Waals surface area contributed by atoms with Gasteiger partial charge in [-0.25, -0.2) is 13.9 Å². The minimum Gasteiger partial charge on any atom is -0.306 e. The van der Waals surface area contributed by atoms with Gasteiger partial charge in [-0.1, -0.05) is 42.5 Å². The molecular formula is C26H34N4O4S. The van der Waals surface area contributed by atoms with Crippen LogP contribution in [0.2, 0.25) is 0 Å². The third-order valence-electron chi connectivity index (χ3n) is 7.09. The van der Waals surface area contributed by atoms with E-state index >= 15 is 0 Å². The van der Waals surface area contributed by atoms with Crippen LogP contribution in [-0.4, -0.2) is 80.0 Å². The van der Waals surface area contributed by atoms with Crippen molar-refractivity contribution in [3.63, 3.8) is 0 Å². The lowest BCUT2D eigenvalue weighted by atomic mass is 10.0. The van der Waals surface area contributed by atoms with E-state index in [1.807, 2.05) is 12.1 Å². The number of sulfonamides is 1. The number of carbonyl (C=O) groups is 1. The first-order valence-corrected chi connectivity index (χ1v) is 13.4. The first kappa shape index (κ1) is 25.5. The van der Waals surface area contributed by atoms with Crippen molar-refractivity contribution in [3.8, 4) is 11.1 Å². The zero-order valence-corrected chi connectivity index (χ0v) is 21.2. The molecule has 0 bridgehead atoms. The summed E-state index contributed by atoms with van der Waals surface area (Å²) in [5.41, 5.74) is 5.24. The van der Waals surface area contributed by atoms with E-state index in [1.54, 1.807) is 17.6 Å². The number of nitrogens with zero attached hydrogens (tertiary/aromatic N) is 3. The van der Waals surface area contributed by atoms with Gasteiger partial charge in [-0.05, 0) is 75.3 Å². The van der Waals surface area contributed by atoms with E-state index in [4.69, 9.17) is 5.21 Å². The summed E-state index contributed by atoms with van der Waals surface area (Å²) in [6.45, 7) is 3.50. The normalized spacial score (nSPS) is 18.5. The van der Waals surface area contributed by atoms with E-state index in [0.29, 0.717) is 11.6 Å². The van der Waals surface area contributed by atoms with Gasteiger partial charge in [-0.2, -0.15) is 4.31 Å². The predicted octanol–water partition coefficient (Wildman–Crippen LogP) is 2.71. The highest BCUT2D eigenvalue weighted by Crippen LogP contribution is 2.26. The molecule has 2 aromatic carbocycles. The van der Waals surface area contributed by atoms with Gasteiger partial charge in [0.25, 0.3) is 5.91 Å². The Hall–Kier alpha value is -2.56. The Balaban J connectivity index is 1.39. The molecule has 1 amide bonds. The maximum atomic E-state index is 13.0. The standard InChI is InChI=1S/C26H34N4O4S/c1-28-15-13-24(14-16-28)29(2)19-20-3-5-21(6-4-20)22-7-9-25(10-8-22)35(33,34)30-17-11-23(12-18-30)26(31)27-32/h3-11,24,32H,12-19H2,1-2H3,(H,27,31). The van der Waals surface area contributed by atoms with E-state index in [2.05, 4.69) is 48.2 Å². The maximum absolute atomic E-state index is 13.0. The average Bonchev–Trinajstić information content (AvgIpc) is 2.89. The van der Waals surface area contributed by atoms with Gasteiger partial charge in [-0.15, -0.1) is 0 Å². The second kappa shape index (κ2) is 11.0. The van der Waals surface area contributed by atoms with Crippen LogP contribution in [0.1, 0.15) is 24.8 Å². The molecule has 188 valence electrons. The fourth-order valence-corrected chi connectivity index (χ4v) is 6.15. The van der Waals surface area contributed by atoms with E-state index in [-0.39, 0.29) is 24.4 Å². The first-order chi connectivity index (χ1) is 16.8. The van der Waals surface area contributed by atoms with E-state index in [1.165, 1.54) is 28.8 Å². The molecule has 2 aliphatic heterocycles. The summed E-state index contributed by atoms with van der Waals surface area (Å²) < 4.78 is 27.4. The van der Waals surface area contributed by atoms with E-state index < -0.39 is 15.9 Å². The van der Waals surface area contributed by atoms with Crippen LogP contribution in [0, 0.1) is 0 Å². The summed E-state index contributed by atoms with van der Waals surface area (Å²) in [6, 6.07) is 16.0. The minimum absolute atomic E-state index is 0.0975. The number of likely N-dealkylation sites (tertiary alicyclic amines) is 1. The van der Waals surface area contributed by atoms with Crippen LogP contribution in [0.25, 0.3) is 11.1 Å². The molecule has 35 heavy (non-hydrogen) atoms. The van der Waals surface area contributed by atoms with Crippen LogP contribution in [-0.2, 0) is 21.4 Å². The smallest absolute Gasteiger partial charge is 0.270 e. The fraction of sp³-hybridized carbons (Fsp3) is 0.423. The number of carbonyl (C=O) groups excluding carboxylic acids is 1. The van der Waals surface area contributed by atoms with Gasteiger partial charge in [0.15, 0.2) is 0 Å². The lowest BCUT2D eigenvalue weighted by Gasteiger charge is -2.35. The van der Waals surface area contributed by atoms with Crippen molar-refractivity contribution in [2.75, 3.05) is 40.3 Å². The van der Waals surface area contributed by atoms with E-state index in [0.717, 1.165) is 30.8 Å². The molecule has 8 nitrogen and oxygen atoms in total. The Morgan fingerprint density at radius 3 is 2.17 bits per heavy atom. The number of hydrogen-bond donors (Lipinski definition) is 2. The second-order valence-electron chi connectivity index (χ2n) is 9.45. The Labute approximate surface area is 207 Å². The number of piperidine rings is 1.